The second-order valence-corrected chi connectivity index (χ2v) is 11.7. The summed E-state index contributed by atoms with van der Waals surface area (Å²) >= 11 is 0. The molecule has 1 fully saturated rings. The molecule has 1 saturated heterocycles. The van der Waals surface area contributed by atoms with Crippen LogP contribution >= 0.6 is 0 Å². The van der Waals surface area contributed by atoms with Crippen LogP contribution in [0.25, 0.3) is 16.9 Å². The number of nitrogens with zero attached hydrogens (tertiary/aromatic N) is 8. The first-order chi connectivity index (χ1) is 22.5. The van der Waals surface area contributed by atoms with E-state index >= 15 is 4.39 Å². The summed E-state index contributed by atoms with van der Waals surface area (Å²) in [5, 5.41) is 13.6. The van der Waals surface area contributed by atoms with Gasteiger partial charge in [-0.25, -0.2) is 9.37 Å². The van der Waals surface area contributed by atoms with E-state index in [-0.39, 0.29) is 11.9 Å². The Morgan fingerprint density at radius 2 is 1.83 bits per heavy atom. The molecule has 11 nitrogen and oxygen atoms in total. The number of hydrogen-bond acceptors (Lipinski definition) is 10. The fraction of sp³-hybridized carbons (Fsp3) is 0.353. The van der Waals surface area contributed by atoms with Gasteiger partial charge in [0.1, 0.15) is 18.5 Å². The monoisotopic (exact) mass is 624 g/mol. The van der Waals surface area contributed by atoms with Crippen LogP contribution in [0.5, 0.6) is 17.2 Å². The fourth-order valence-corrected chi connectivity index (χ4v) is 5.91. The lowest BCUT2D eigenvalue weighted by Gasteiger charge is -2.35. The van der Waals surface area contributed by atoms with Gasteiger partial charge in [0.15, 0.2) is 34.6 Å². The molecular weight excluding hydrogens is 587 g/mol. The van der Waals surface area contributed by atoms with Crippen molar-refractivity contribution >= 4 is 11.5 Å². The summed E-state index contributed by atoms with van der Waals surface area (Å²) in [6, 6.07) is 20.5. The van der Waals surface area contributed by atoms with Gasteiger partial charge in [-0.1, -0.05) is 12.1 Å². The molecule has 5 aromatic rings. The smallest absolute Gasteiger partial charge is 0.177 e. The lowest BCUT2D eigenvalue weighted by atomic mass is 10.1. The molecule has 46 heavy (non-hydrogen) atoms. The number of benzene rings is 2. The van der Waals surface area contributed by atoms with Crippen molar-refractivity contribution in [2.45, 2.75) is 19.1 Å². The first-order valence-corrected chi connectivity index (χ1v) is 15.6. The van der Waals surface area contributed by atoms with E-state index in [1.807, 2.05) is 42.5 Å². The summed E-state index contributed by atoms with van der Waals surface area (Å²) in [4.78, 5) is 11.5. The predicted octanol–water partition coefficient (Wildman–Crippen LogP) is 3.97. The normalized spacial score (nSPS) is 17.1. The molecule has 2 aromatic carbocycles. The predicted molar refractivity (Wildman–Crippen MR) is 172 cm³/mol. The minimum absolute atomic E-state index is 0.215. The number of hydrogen-bond donors (Lipinski definition) is 0. The Morgan fingerprint density at radius 3 is 2.63 bits per heavy atom. The highest BCUT2D eigenvalue weighted by molar-refractivity contribution is 5.61. The highest BCUT2D eigenvalue weighted by Crippen LogP contribution is 2.33. The van der Waals surface area contributed by atoms with Crippen LogP contribution in [0.3, 0.4) is 0 Å². The molecule has 12 heteroatoms. The number of rotatable bonds is 10. The SMILES string of the molecule is COc1ccc(CN2CC(Cc3nnc4ccc(-c5ccc(OCCN6CCN(C)CC6)c(F)c5)nn34)Oc3cccnc32)cc1. The zero-order valence-corrected chi connectivity index (χ0v) is 26.0. The minimum Gasteiger partial charge on any atom is -0.497 e. The van der Waals surface area contributed by atoms with Gasteiger partial charge in [0.25, 0.3) is 0 Å². The van der Waals surface area contributed by atoms with E-state index in [9.17, 15) is 0 Å². The number of pyridine rings is 1. The van der Waals surface area contributed by atoms with Gasteiger partial charge < -0.3 is 24.0 Å². The zero-order chi connectivity index (χ0) is 31.5. The summed E-state index contributed by atoms with van der Waals surface area (Å²) in [5.41, 5.74) is 2.99. The lowest BCUT2D eigenvalue weighted by molar-refractivity contribution is 0.132. The van der Waals surface area contributed by atoms with E-state index in [2.05, 4.69) is 49.1 Å². The molecule has 2 aliphatic heterocycles. The van der Waals surface area contributed by atoms with Gasteiger partial charge in [-0.2, -0.15) is 9.61 Å². The molecule has 3 aromatic heterocycles. The van der Waals surface area contributed by atoms with Gasteiger partial charge in [-0.05, 0) is 67.2 Å². The maximum Gasteiger partial charge on any atom is 0.177 e. The molecule has 5 heterocycles. The maximum atomic E-state index is 15.1. The summed E-state index contributed by atoms with van der Waals surface area (Å²) in [7, 11) is 3.79. The first-order valence-electron chi connectivity index (χ1n) is 15.6. The molecule has 0 radical (unpaired) electrons. The van der Waals surface area contributed by atoms with Gasteiger partial charge in [0, 0.05) is 57.4 Å². The quantitative estimate of drug-likeness (QED) is 0.227. The number of methoxy groups -OCH3 is 1. The van der Waals surface area contributed by atoms with Crippen LogP contribution in [0, 0.1) is 5.82 Å². The fourth-order valence-electron chi connectivity index (χ4n) is 5.91. The molecule has 1 atom stereocenters. The molecule has 0 aliphatic carbocycles. The average Bonchev–Trinajstić information content (AvgIpc) is 3.48. The molecular formula is C34H37FN8O3. The molecule has 7 rings (SSSR count). The van der Waals surface area contributed by atoms with Crippen LogP contribution in [0.2, 0.25) is 0 Å². The highest BCUT2D eigenvalue weighted by atomic mass is 19.1. The van der Waals surface area contributed by atoms with Crippen molar-refractivity contribution in [3.8, 4) is 28.5 Å². The van der Waals surface area contributed by atoms with Crippen molar-refractivity contribution < 1.29 is 18.6 Å². The third-order valence-electron chi connectivity index (χ3n) is 8.53. The standard InChI is InChI=1S/C34H37FN8O3/c1-40-14-16-41(17-15-40)18-19-45-30-11-7-25(20-28(30)35)29-10-12-32-37-38-33(43(32)39-29)21-27-23-42(34-31(46-27)4-3-13-36-34)22-24-5-8-26(44-2)9-6-24/h3-13,20,27H,14-19,21-23H2,1-2H3. The van der Waals surface area contributed by atoms with E-state index < -0.39 is 5.82 Å². The molecule has 1 unspecified atom stereocenters. The second kappa shape index (κ2) is 13.3. The molecule has 0 spiro atoms. The lowest BCUT2D eigenvalue weighted by Crippen LogP contribution is -2.45. The number of piperazine rings is 1. The number of halogens is 1. The molecule has 238 valence electrons. The van der Waals surface area contributed by atoms with E-state index in [0.29, 0.717) is 48.8 Å². The molecule has 0 N–H and O–H groups in total. The number of ether oxygens (including phenoxy) is 3. The van der Waals surface area contributed by atoms with Crippen LogP contribution in [-0.4, -0.2) is 101 Å². The Hall–Kier alpha value is -4.81. The second-order valence-electron chi connectivity index (χ2n) is 11.7. The van der Waals surface area contributed by atoms with Gasteiger partial charge in [0.05, 0.1) is 19.3 Å². The maximum absolute atomic E-state index is 15.1. The van der Waals surface area contributed by atoms with E-state index in [0.717, 1.165) is 55.6 Å². The van der Waals surface area contributed by atoms with Crippen molar-refractivity contribution in [2.24, 2.45) is 0 Å². The number of aromatic nitrogens is 5. The summed E-state index contributed by atoms with van der Waals surface area (Å²) < 4.78 is 34.3. The van der Waals surface area contributed by atoms with Crippen molar-refractivity contribution in [3.05, 3.63) is 90.1 Å². The van der Waals surface area contributed by atoms with E-state index in [1.165, 1.54) is 6.07 Å². The number of anilines is 1. The van der Waals surface area contributed by atoms with Crippen molar-refractivity contribution in [2.75, 3.05) is 64.9 Å². The van der Waals surface area contributed by atoms with Gasteiger partial charge in [-0.15, -0.1) is 10.2 Å². The molecule has 2 aliphatic rings. The third kappa shape index (κ3) is 6.58. The van der Waals surface area contributed by atoms with Gasteiger partial charge in [0.2, 0.25) is 0 Å². The van der Waals surface area contributed by atoms with Crippen LogP contribution < -0.4 is 19.1 Å². The Labute approximate surface area is 267 Å². The van der Waals surface area contributed by atoms with Crippen LogP contribution in [0.15, 0.2) is 72.9 Å². The van der Waals surface area contributed by atoms with Gasteiger partial charge in [-0.3, -0.25) is 4.90 Å². The first kappa shape index (κ1) is 29.9. The van der Waals surface area contributed by atoms with Crippen molar-refractivity contribution in [3.63, 3.8) is 0 Å². The number of likely N-dealkylation sites (N-methyl/N-ethyl adjacent to an activating group) is 1. The Morgan fingerprint density at radius 1 is 0.978 bits per heavy atom. The topological polar surface area (TPSA) is 93.4 Å². The Balaban J connectivity index is 1.05. The summed E-state index contributed by atoms with van der Waals surface area (Å²) in [6.45, 7) is 6.56. The zero-order valence-electron chi connectivity index (χ0n) is 26.0. The Kier molecular flexibility index (Phi) is 8.62. The highest BCUT2D eigenvalue weighted by Gasteiger charge is 2.28. The van der Waals surface area contributed by atoms with Crippen molar-refractivity contribution in [1.82, 2.24) is 34.6 Å². The van der Waals surface area contributed by atoms with Crippen LogP contribution in [0.1, 0.15) is 11.4 Å². The van der Waals surface area contributed by atoms with Crippen LogP contribution in [0.4, 0.5) is 10.2 Å². The third-order valence-corrected chi connectivity index (χ3v) is 8.53. The minimum atomic E-state index is -0.415. The van der Waals surface area contributed by atoms with Crippen LogP contribution in [-0.2, 0) is 13.0 Å². The largest absolute Gasteiger partial charge is 0.497 e. The Bertz CT molecular complexity index is 1790. The van der Waals surface area contributed by atoms with E-state index in [1.54, 1.807) is 23.9 Å². The summed E-state index contributed by atoms with van der Waals surface area (Å²) in [6.07, 6.45) is 2.03. The van der Waals surface area contributed by atoms with E-state index in [4.69, 9.17) is 19.3 Å². The van der Waals surface area contributed by atoms with Gasteiger partial charge >= 0.3 is 0 Å². The molecule has 0 bridgehead atoms. The van der Waals surface area contributed by atoms with Crippen molar-refractivity contribution in [1.29, 1.82) is 0 Å². The molecule has 0 saturated carbocycles. The number of fused-ring (bicyclic) bond motifs is 2. The average molecular weight is 625 g/mol. The molecule has 0 amide bonds. The summed E-state index contributed by atoms with van der Waals surface area (Å²) in [5.74, 6) is 2.82.